The molecule has 2 nitrogen and oxygen atoms in total. The number of benzene rings is 1. The van der Waals surface area contributed by atoms with Crippen LogP contribution in [0.5, 0.6) is 0 Å². The summed E-state index contributed by atoms with van der Waals surface area (Å²) < 4.78 is 19.5. The van der Waals surface area contributed by atoms with Crippen molar-refractivity contribution in [3.8, 4) is 0 Å². The van der Waals surface area contributed by atoms with Crippen LogP contribution in [0.2, 0.25) is 0 Å². The predicted octanol–water partition coefficient (Wildman–Crippen LogP) is 4.38. The van der Waals surface area contributed by atoms with E-state index < -0.39 is 0 Å². The lowest BCUT2D eigenvalue weighted by Gasteiger charge is -2.27. The van der Waals surface area contributed by atoms with E-state index in [0.717, 1.165) is 36.9 Å². The van der Waals surface area contributed by atoms with Crippen LogP contribution in [0.4, 0.5) is 4.39 Å². The highest BCUT2D eigenvalue weighted by Gasteiger charge is 2.21. The largest absolute Gasteiger partial charge is 0.379 e. The smallest absolute Gasteiger partial charge is 0.127 e. The van der Waals surface area contributed by atoms with Gasteiger partial charge in [0.1, 0.15) is 5.82 Å². The summed E-state index contributed by atoms with van der Waals surface area (Å²) in [5.41, 5.74) is 1.69. The molecule has 0 aliphatic rings. The molecule has 0 radical (unpaired) electrons. The first-order chi connectivity index (χ1) is 9.39. The molecule has 1 aromatic carbocycles. The number of methoxy groups -OCH3 is 1. The van der Waals surface area contributed by atoms with Crippen LogP contribution >= 0.6 is 0 Å². The van der Waals surface area contributed by atoms with Gasteiger partial charge in [0.15, 0.2) is 0 Å². The highest BCUT2D eigenvalue weighted by atomic mass is 19.1. The highest BCUT2D eigenvalue weighted by Crippen LogP contribution is 2.27. The minimum atomic E-state index is -0.174. The first-order valence-corrected chi connectivity index (χ1v) is 7.44. The third-order valence-electron chi connectivity index (χ3n) is 3.76. The maximum atomic E-state index is 14.1. The van der Waals surface area contributed by atoms with Gasteiger partial charge in [-0.15, -0.1) is 0 Å². The van der Waals surface area contributed by atoms with Crippen LogP contribution in [0.3, 0.4) is 0 Å². The van der Waals surface area contributed by atoms with E-state index in [-0.39, 0.29) is 17.5 Å². The number of hydrogen-bond acceptors (Lipinski definition) is 2. The Labute approximate surface area is 122 Å². The van der Waals surface area contributed by atoms with Gasteiger partial charge in [0, 0.05) is 18.7 Å². The Morgan fingerprint density at radius 3 is 2.65 bits per heavy atom. The molecule has 0 aliphatic heterocycles. The van der Waals surface area contributed by atoms with Crippen molar-refractivity contribution in [2.75, 3.05) is 13.7 Å². The van der Waals surface area contributed by atoms with Crippen LogP contribution in [0.25, 0.3) is 0 Å². The van der Waals surface area contributed by atoms with Crippen LogP contribution < -0.4 is 5.32 Å². The minimum Gasteiger partial charge on any atom is -0.379 e. The Morgan fingerprint density at radius 2 is 2.05 bits per heavy atom. The van der Waals surface area contributed by atoms with Gasteiger partial charge in [-0.1, -0.05) is 24.6 Å². The van der Waals surface area contributed by atoms with Crippen molar-refractivity contribution in [2.24, 2.45) is 0 Å². The normalized spacial score (nSPS) is 13.5. The van der Waals surface area contributed by atoms with Crippen LogP contribution in [0.1, 0.15) is 57.2 Å². The molecule has 0 spiro atoms. The standard InChI is InChI=1S/C17H28FNO/c1-6-11-19-16(9-10-17(3,4)20-5)14-12-13(2)7-8-15(14)18/h7-8,12,16,19H,6,9-11H2,1-5H3. The van der Waals surface area contributed by atoms with E-state index in [4.69, 9.17) is 4.74 Å². The molecule has 114 valence electrons. The second kappa shape index (κ2) is 7.75. The molecule has 1 rings (SSSR count). The van der Waals surface area contributed by atoms with Crippen LogP contribution in [0, 0.1) is 12.7 Å². The summed E-state index contributed by atoms with van der Waals surface area (Å²) >= 11 is 0. The highest BCUT2D eigenvalue weighted by molar-refractivity contribution is 5.27. The third-order valence-corrected chi connectivity index (χ3v) is 3.76. The fraction of sp³-hybridized carbons (Fsp3) is 0.647. The lowest BCUT2D eigenvalue weighted by Crippen LogP contribution is -2.28. The van der Waals surface area contributed by atoms with Gasteiger partial charge in [0.25, 0.3) is 0 Å². The quantitative estimate of drug-likeness (QED) is 0.763. The zero-order chi connectivity index (χ0) is 15.2. The second-order valence-corrected chi connectivity index (χ2v) is 6.03. The molecule has 0 amide bonds. The molecular weight excluding hydrogens is 253 g/mol. The number of aryl methyl sites for hydroxylation is 1. The molecule has 1 unspecified atom stereocenters. The molecule has 20 heavy (non-hydrogen) atoms. The van der Waals surface area contributed by atoms with Crippen molar-refractivity contribution in [3.63, 3.8) is 0 Å². The van der Waals surface area contributed by atoms with Gasteiger partial charge in [-0.05, 0) is 52.6 Å². The number of nitrogens with one attached hydrogen (secondary N) is 1. The second-order valence-electron chi connectivity index (χ2n) is 6.03. The average molecular weight is 281 g/mol. The molecule has 0 saturated heterocycles. The summed E-state index contributed by atoms with van der Waals surface area (Å²) in [6.45, 7) is 9.15. The molecule has 0 bridgehead atoms. The third kappa shape index (κ3) is 5.22. The molecule has 0 aromatic heterocycles. The Bertz CT molecular complexity index is 417. The molecule has 0 fully saturated rings. The van der Waals surface area contributed by atoms with Gasteiger partial charge in [-0.25, -0.2) is 4.39 Å². The van der Waals surface area contributed by atoms with Crippen LogP contribution in [0.15, 0.2) is 18.2 Å². The number of hydrogen-bond donors (Lipinski definition) is 1. The summed E-state index contributed by atoms with van der Waals surface area (Å²) in [5, 5.41) is 3.45. The topological polar surface area (TPSA) is 21.3 Å². The van der Waals surface area contributed by atoms with Gasteiger partial charge in [-0.2, -0.15) is 0 Å². The van der Waals surface area contributed by atoms with E-state index in [1.54, 1.807) is 13.2 Å². The minimum absolute atomic E-state index is 0.0456. The molecule has 3 heteroatoms. The predicted molar refractivity (Wildman–Crippen MR) is 82.5 cm³/mol. The van der Waals surface area contributed by atoms with Crippen LogP contribution in [-0.2, 0) is 4.74 Å². The van der Waals surface area contributed by atoms with Crippen molar-refractivity contribution in [1.82, 2.24) is 5.32 Å². The lowest BCUT2D eigenvalue weighted by atomic mass is 9.93. The van der Waals surface area contributed by atoms with Gasteiger partial charge in [0.2, 0.25) is 0 Å². The molecule has 0 saturated carbocycles. The van der Waals surface area contributed by atoms with E-state index in [1.807, 2.05) is 19.1 Å². The summed E-state index contributed by atoms with van der Waals surface area (Å²) in [7, 11) is 1.72. The summed E-state index contributed by atoms with van der Waals surface area (Å²) in [6, 6.07) is 5.37. The molecular formula is C17H28FNO. The van der Waals surface area contributed by atoms with E-state index in [2.05, 4.69) is 26.1 Å². The zero-order valence-corrected chi connectivity index (χ0v) is 13.4. The SMILES string of the molecule is CCCNC(CCC(C)(C)OC)c1cc(C)ccc1F. The van der Waals surface area contributed by atoms with Crippen molar-refractivity contribution in [2.45, 2.75) is 58.6 Å². The Hall–Kier alpha value is -0.930. The van der Waals surface area contributed by atoms with Crippen LogP contribution in [-0.4, -0.2) is 19.3 Å². The van der Waals surface area contributed by atoms with Gasteiger partial charge in [0.05, 0.1) is 5.60 Å². The number of ether oxygens (including phenoxy) is 1. The van der Waals surface area contributed by atoms with Crippen molar-refractivity contribution in [1.29, 1.82) is 0 Å². The van der Waals surface area contributed by atoms with Gasteiger partial charge in [-0.3, -0.25) is 0 Å². The van der Waals surface area contributed by atoms with E-state index in [9.17, 15) is 4.39 Å². The lowest BCUT2D eigenvalue weighted by molar-refractivity contribution is 0.0116. The summed E-state index contributed by atoms with van der Waals surface area (Å²) in [5.74, 6) is -0.126. The van der Waals surface area contributed by atoms with Crippen molar-refractivity contribution in [3.05, 3.63) is 35.1 Å². The fourth-order valence-electron chi connectivity index (χ4n) is 2.21. The Kier molecular flexibility index (Phi) is 6.63. The number of halogens is 1. The summed E-state index contributed by atoms with van der Waals surface area (Å²) in [4.78, 5) is 0. The Balaban J connectivity index is 2.85. The molecule has 1 aromatic rings. The number of rotatable bonds is 8. The van der Waals surface area contributed by atoms with Gasteiger partial charge < -0.3 is 10.1 Å². The molecule has 1 atom stereocenters. The molecule has 0 aliphatic carbocycles. The summed E-state index contributed by atoms with van der Waals surface area (Å²) in [6.07, 6.45) is 2.79. The van der Waals surface area contributed by atoms with Gasteiger partial charge >= 0.3 is 0 Å². The average Bonchev–Trinajstić information content (AvgIpc) is 2.42. The van der Waals surface area contributed by atoms with Crippen molar-refractivity contribution >= 4 is 0 Å². The molecule has 1 N–H and O–H groups in total. The Morgan fingerprint density at radius 1 is 1.35 bits per heavy atom. The fourth-order valence-corrected chi connectivity index (χ4v) is 2.21. The van der Waals surface area contributed by atoms with E-state index in [0.29, 0.717) is 0 Å². The maximum Gasteiger partial charge on any atom is 0.127 e. The first kappa shape index (κ1) is 17.1. The maximum absolute atomic E-state index is 14.1. The van der Waals surface area contributed by atoms with E-state index >= 15 is 0 Å². The monoisotopic (exact) mass is 281 g/mol. The first-order valence-electron chi connectivity index (χ1n) is 7.44. The zero-order valence-electron chi connectivity index (χ0n) is 13.4. The van der Waals surface area contributed by atoms with E-state index in [1.165, 1.54) is 0 Å². The van der Waals surface area contributed by atoms with Crippen molar-refractivity contribution < 1.29 is 9.13 Å². The molecule has 0 heterocycles.